The van der Waals surface area contributed by atoms with Crippen LogP contribution in [0.4, 0.5) is 0 Å². The van der Waals surface area contributed by atoms with Crippen LogP contribution in [0.15, 0.2) is 132 Å². The van der Waals surface area contributed by atoms with Crippen molar-refractivity contribution in [2.75, 3.05) is 0 Å². The number of para-hydroxylation sites is 2. The number of nitrogens with zero attached hydrogens (tertiary/aromatic N) is 3. The molecule has 11 aromatic rings. The van der Waals surface area contributed by atoms with E-state index in [9.17, 15) is 0 Å². The SMILES string of the molecule is c1ccc2c(c1)oc1nc(-n3c4ccccc4c4ccc5c6ccccc6sc5c43)nc(-c3cccc4c3sc3ccccc34)c12. The number of benzene rings is 6. The Hall–Kier alpha value is -5.56. The van der Waals surface area contributed by atoms with Crippen LogP contribution in [-0.2, 0) is 0 Å². The lowest BCUT2D eigenvalue weighted by Gasteiger charge is -2.10. The van der Waals surface area contributed by atoms with E-state index in [1.807, 2.05) is 34.8 Å². The van der Waals surface area contributed by atoms with Crippen LogP contribution in [0.25, 0.3) is 101 Å². The summed E-state index contributed by atoms with van der Waals surface area (Å²) in [5.74, 6) is 0.607. The maximum Gasteiger partial charge on any atom is 0.238 e. The summed E-state index contributed by atoms with van der Waals surface area (Å²) in [6.07, 6.45) is 0. The van der Waals surface area contributed by atoms with E-state index in [-0.39, 0.29) is 0 Å². The quantitative estimate of drug-likeness (QED) is 0.192. The Balaban J connectivity index is 1.32. The maximum atomic E-state index is 6.53. The number of furan rings is 1. The molecule has 0 spiro atoms. The molecule has 0 fully saturated rings. The van der Waals surface area contributed by atoms with Crippen LogP contribution in [0, 0.1) is 0 Å². The molecule has 5 heterocycles. The summed E-state index contributed by atoms with van der Waals surface area (Å²) in [6.45, 7) is 0. The molecule has 0 radical (unpaired) electrons. The summed E-state index contributed by atoms with van der Waals surface area (Å²) in [4.78, 5) is 10.7. The summed E-state index contributed by atoms with van der Waals surface area (Å²) in [5.41, 5.74) is 5.57. The predicted molar refractivity (Wildman–Crippen MR) is 195 cm³/mol. The number of rotatable bonds is 2. The lowest BCUT2D eigenvalue weighted by atomic mass is 10.0. The highest BCUT2D eigenvalue weighted by Crippen LogP contribution is 2.45. The molecule has 4 nitrogen and oxygen atoms in total. The molecule has 46 heavy (non-hydrogen) atoms. The van der Waals surface area contributed by atoms with E-state index in [1.165, 1.54) is 51.1 Å². The van der Waals surface area contributed by atoms with Crippen LogP contribution in [0.2, 0.25) is 0 Å². The summed E-state index contributed by atoms with van der Waals surface area (Å²) < 4.78 is 13.8. The van der Waals surface area contributed by atoms with Crippen molar-refractivity contribution in [3.63, 3.8) is 0 Å². The number of hydrogen-bond acceptors (Lipinski definition) is 5. The lowest BCUT2D eigenvalue weighted by Crippen LogP contribution is -2.03. The second-order valence-electron chi connectivity index (χ2n) is 11.7. The van der Waals surface area contributed by atoms with Crippen LogP contribution in [0.1, 0.15) is 0 Å². The van der Waals surface area contributed by atoms with Gasteiger partial charge < -0.3 is 4.42 Å². The Labute approximate surface area is 269 Å². The molecular formula is C40H21N3OS2. The van der Waals surface area contributed by atoms with Gasteiger partial charge in [-0.25, -0.2) is 4.98 Å². The monoisotopic (exact) mass is 623 g/mol. The molecule has 11 rings (SSSR count). The summed E-state index contributed by atoms with van der Waals surface area (Å²) in [6, 6.07) is 45.1. The van der Waals surface area contributed by atoms with E-state index in [4.69, 9.17) is 14.4 Å². The fourth-order valence-electron chi connectivity index (χ4n) is 7.28. The van der Waals surface area contributed by atoms with Crippen LogP contribution in [0.3, 0.4) is 0 Å². The fourth-order valence-corrected chi connectivity index (χ4v) is 9.74. The molecule has 0 aliphatic heterocycles. The standard InChI is InChI=1S/C40H21N3OS2/c1-5-16-30-22(10-1)25-20-21-27-24-12-4-8-19-33(24)46-38(27)36(25)43(30)40-41-35(34-28-13-2-6-17-31(28)44-39(34)42-40)29-15-9-14-26-23-11-3-7-18-32(23)45-37(26)29/h1-21H. The highest BCUT2D eigenvalue weighted by atomic mass is 32.1. The van der Waals surface area contributed by atoms with Gasteiger partial charge >= 0.3 is 0 Å². The van der Waals surface area contributed by atoms with Gasteiger partial charge in [0, 0.05) is 57.4 Å². The van der Waals surface area contributed by atoms with Gasteiger partial charge in [0.1, 0.15) is 5.58 Å². The maximum absolute atomic E-state index is 6.53. The molecule has 0 aliphatic rings. The average Bonchev–Trinajstić information content (AvgIpc) is 3.86. The summed E-state index contributed by atoms with van der Waals surface area (Å²) in [7, 11) is 0. The molecule has 6 heteroatoms. The number of hydrogen-bond donors (Lipinski definition) is 0. The minimum Gasteiger partial charge on any atom is -0.437 e. The molecule has 214 valence electrons. The summed E-state index contributed by atoms with van der Waals surface area (Å²) >= 11 is 3.65. The van der Waals surface area contributed by atoms with Crippen molar-refractivity contribution in [1.29, 1.82) is 0 Å². The molecule has 0 atom stereocenters. The van der Waals surface area contributed by atoms with Crippen molar-refractivity contribution >= 4 is 107 Å². The van der Waals surface area contributed by atoms with Gasteiger partial charge in [-0.15, -0.1) is 22.7 Å². The molecule has 0 aliphatic carbocycles. The summed E-state index contributed by atoms with van der Waals surface area (Å²) in [5, 5.41) is 9.35. The minimum atomic E-state index is 0.591. The normalized spacial score (nSPS) is 12.3. The highest BCUT2D eigenvalue weighted by Gasteiger charge is 2.24. The van der Waals surface area contributed by atoms with Gasteiger partial charge in [0.2, 0.25) is 11.7 Å². The van der Waals surface area contributed by atoms with Crippen molar-refractivity contribution < 1.29 is 4.42 Å². The van der Waals surface area contributed by atoms with Crippen molar-refractivity contribution in [2.24, 2.45) is 0 Å². The van der Waals surface area contributed by atoms with Crippen molar-refractivity contribution in [3.05, 3.63) is 127 Å². The smallest absolute Gasteiger partial charge is 0.238 e. The van der Waals surface area contributed by atoms with E-state index in [0.29, 0.717) is 11.7 Å². The van der Waals surface area contributed by atoms with Crippen molar-refractivity contribution in [3.8, 4) is 17.2 Å². The number of thiophene rings is 2. The third-order valence-corrected chi connectivity index (χ3v) is 11.7. The van der Waals surface area contributed by atoms with Crippen LogP contribution < -0.4 is 0 Å². The Kier molecular flexibility index (Phi) is 4.84. The highest BCUT2D eigenvalue weighted by molar-refractivity contribution is 7.27. The van der Waals surface area contributed by atoms with Gasteiger partial charge in [-0.05, 0) is 24.3 Å². The van der Waals surface area contributed by atoms with Gasteiger partial charge in [-0.1, -0.05) is 103 Å². The van der Waals surface area contributed by atoms with Gasteiger partial charge in [0.05, 0.1) is 26.8 Å². The van der Waals surface area contributed by atoms with Crippen LogP contribution in [-0.4, -0.2) is 14.5 Å². The van der Waals surface area contributed by atoms with E-state index in [2.05, 4.69) is 120 Å². The predicted octanol–water partition coefficient (Wildman–Crippen LogP) is 11.9. The first kappa shape index (κ1) is 24.7. The number of aromatic nitrogens is 3. The molecule has 5 aromatic heterocycles. The lowest BCUT2D eigenvalue weighted by molar-refractivity contribution is 0.651. The van der Waals surface area contributed by atoms with E-state index < -0.39 is 0 Å². The topological polar surface area (TPSA) is 43.9 Å². The molecule has 0 N–H and O–H groups in total. The van der Waals surface area contributed by atoms with Gasteiger partial charge in [-0.3, -0.25) is 4.57 Å². The first-order valence-electron chi connectivity index (χ1n) is 15.3. The van der Waals surface area contributed by atoms with Gasteiger partial charge in [0.15, 0.2) is 0 Å². The van der Waals surface area contributed by atoms with Crippen LogP contribution in [0.5, 0.6) is 0 Å². The second-order valence-corrected chi connectivity index (χ2v) is 13.8. The van der Waals surface area contributed by atoms with Gasteiger partial charge in [-0.2, -0.15) is 4.98 Å². The molecule has 0 bridgehead atoms. The van der Waals surface area contributed by atoms with E-state index in [1.54, 1.807) is 0 Å². The fraction of sp³-hybridized carbons (Fsp3) is 0. The molecule has 0 unspecified atom stereocenters. The Bertz CT molecular complexity index is 3050. The Morgan fingerprint density at radius 3 is 1.96 bits per heavy atom. The minimum absolute atomic E-state index is 0.591. The third kappa shape index (κ3) is 3.22. The number of fused-ring (bicyclic) bond motifs is 13. The zero-order chi connectivity index (χ0) is 29.9. The van der Waals surface area contributed by atoms with Gasteiger partial charge in [0.25, 0.3) is 0 Å². The van der Waals surface area contributed by atoms with Crippen molar-refractivity contribution in [1.82, 2.24) is 14.5 Å². The first-order chi connectivity index (χ1) is 22.8. The first-order valence-corrected chi connectivity index (χ1v) is 16.9. The molecular weight excluding hydrogens is 603 g/mol. The largest absolute Gasteiger partial charge is 0.437 e. The average molecular weight is 624 g/mol. The zero-order valence-corrected chi connectivity index (χ0v) is 25.8. The molecule has 6 aromatic carbocycles. The molecule has 0 saturated heterocycles. The Morgan fingerprint density at radius 2 is 1.13 bits per heavy atom. The third-order valence-electron chi connectivity index (χ3n) is 9.27. The van der Waals surface area contributed by atoms with E-state index in [0.717, 1.165) is 38.6 Å². The Morgan fingerprint density at radius 1 is 0.500 bits per heavy atom. The van der Waals surface area contributed by atoms with Crippen LogP contribution >= 0.6 is 22.7 Å². The molecule has 0 saturated carbocycles. The van der Waals surface area contributed by atoms with E-state index >= 15 is 0 Å². The van der Waals surface area contributed by atoms with Crippen molar-refractivity contribution in [2.45, 2.75) is 0 Å². The second kappa shape index (κ2) is 9.01. The zero-order valence-electron chi connectivity index (χ0n) is 24.2. The molecule has 0 amide bonds.